The summed E-state index contributed by atoms with van der Waals surface area (Å²) < 4.78 is 0. The Balaban J connectivity index is 2.21. The van der Waals surface area contributed by atoms with Crippen molar-refractivity contribution in [2.24, 2.45) is 0 Å². The maximum Gasteiger partial charge on any atom is 0.191 e. The molecule has 5 heteroatoms. The molecule has 17 heavy (non-hydrogen) atoms. The highest BCUT2D eigenvalue weighted by Crippen LogP contribution is 2.20. The molecule has 1 aromatic heterocycles. The summed E-state index contributed by atoms with van der Waals surface area (Å²) in [6, 6.07) is 11.6. The van der Waals surface area contributed by atoms with Gasteiger partial charge in [0.05, 0.1) is 0 Å². The molecular weight excluding hydrogens is 232 g/mol. The van der Waals surface area contributed by atoms with Crippen LogP contribution in [0.15, 0.2) is 41.6 Å². The molecule has 0 aliphatic heterocycles. The Bertz CT molecular complexity index is 487. The van der Waals surface area contributed by atoms with Crippen molar-refractivity contribution in [2.45, 2.75) is 12.1 Å². The third-order valence-corrected chi connectivity index (χ3v) is 2.77. The molecule has 0 saturated carbocycles. The Morgan fingerprint density at radius 2 is 2.00 bits per heavy atom. The van der Waals surface area contributed by atoms with E-state index < -0.39 is 0 Å². The fourth-order valence-corrected chi connectivity index (χ4v) is 1.96. The van der Waals surface area contributed by atoms with E-state index in [-0.39, 0.29) is 0 Å². The van der Waals surface area contributed by atoms with Crippen LogP contribution >= 0.6 is 11.8 Å². The highest BCUT2D eigenvalue weighted by atomic mass is 32.2. The first kappa shape index (κ1) is 11.7. The number of rotatable bonds is 4. The molecule has 0 aliphatic carbocycles. The van der Waals surface area contributed by atoms with Crippen LogP contribution in [0.1, 0.15) is 6.92 Å². The van der Waals surface area contributed by atoms with Crippen molar-refractivity contribution in [3.63, 3.8) is 0 Å². The van der Waals surface area contributed by atoms with Crippen LogP contribution in [-0.2, 0) is 0 Å². The summed E-state index contributed by atoms with van der Waals surface area (Å²) in [7, 11) is 0. The molecule has 0 aliphatic rings. The first-order chi connectivity index (χ1) is 8.28. The summed E-state index contributed by atoms with van der Waals surface area (Å²) in [5.41, 5.74) is 6.72. The van der Waals surface area contributed by atoms with Gasteiger partial charge in [-0.3, -0.25) is 0 Å². The van der Waals surface area contributed by atoms with Gasteiger partial charge in [-0.1, -0.05) is 36.9 Å². The average Bonchev–Trinajstić information content (AvgIpc) is 2.30. The Morgan fingerprint density at radius 1 is 1.24 bits per heavy atom. The van der Waals surface area contributed by atoms with Crippen molar-refractivity contribution in [2.75, 3.05) is 16.8 Å². The number of benzene rings is 1. The largest absolute Gasteiger partial charge is 0.383 e. The molecule has 2 rings (SSSR count). The smallest absolute Gasteiger partial charge is 0.191 e. The van der Waals surface area contributed by atoms with Gasteiger partial charge >= 0.3 is 0 Å². The van der Waals surface area contributed by atoms with Crippen molar-refractivity contribution in [1.82, 2.24) is 9.97 Å². The van der Waals surface area contributed by atoms with Gasteiger partial charge in [0.25, 0.3) is 0 Å². The van der Waals surface area contributed by atoms with Gasteiger partial charge in [0, 0.05) is 11.8 Å². The lowest BCUT2D eigenvalue weighted by molar-refractivity contribution is 0.981. The number of hydrogen-bond donors (Lipinski definition) is 2. The predicted molar refractivity (Wildman–Crippen MR) is 72.6 cm³/mol. The van der Waals surface area contributed by atoms with Crippen LogP contribution in [-0.4, -0.2) is 15.7 Å². The molecule has 1 aromatic carbocycles. The first-order valence-corrected chi connectivity index (χ1v) is 6.36. The standard InChI is InChI=1S/C12H14N4S/c1-2-17-12-15-10(13)8-11(16-12)14-9-6-4-3-5-7-9/h3-8H,2H2,1H3,(H3,13,14,15,16). The van der Waals surface area contributed by atoms with Crippen LogP contribution in [0.3, 0.4) is 0 Å². The lowest BCUT2D eigenvalue weighted by Gasteiger charge is -2.07. The van der Waals surface area contributed by atoms with Crippen molar-refractivity contribution in [1.29, 1.82) is 0 Å². The van der Waals surface area contributed by atoms with E-state index in [0.717, 1.165) is 17.3 Å². The minimum Gasteiger partial charge on any atom is -0.383 e. The Labute approximate surface area is 105 Å². The van der Waals surface area contributed by atoms with Gasteiger partial charge in [0.1, 0.15) is 11.6 Å². The zero-order chi connectivity index (χ0) is 12.1. The van der Waals surface area contributed by atoms with Gasteiger partial charge in [0.2, 0.25) is 0 Å². The number of nitrogens with zero attached hydrogens (tertiary/aromatic N) is 2. The maximum atomic E-state index is 5.74. The fraction of sp³-hybridized carbons (Fsp3) is 0.167. The normalized spacial score (nSPS) is 10.2. The van der Waals surface area contributed by atoms with Crippen molar-refractivity contribution >= 4 is 29.1 Å². The van der Waals surface area contributed by atoms with E-state index in [1.165, 1.54) is 0 Å². The van der Waals surface area contributed by atoms with E-state index in [0.29, 0.717) is 11.0 Å². The maximum absolute atomic E-state index is 5.74. The molecule has 88 valence electrons. The summed E-state index contributed by atoms with van der Waals surface area (Å²) in [5, 5.41) is 3.90. The van der Waals surface area contributed by atoms with Crippen molar-refractivity contribution in [3.8, 4) is 0 Å². The number of hydrogen-bond acceptors (Lipinski definition) is 5. The zero-order valence-electron chi connectivity index (χ0n) is 9.55. The number of para-hydroxylation sites is 1. The van der Waals surface area contributed by atoms with E-state index in [1.807, 2.05) is 30.3 Å². The molecule has 0 fully saturated rings. The Morgan fingerprint density at radius 3 is 2.71 bits per heavy atom. The molecule has 1 heterocycles. The van der Waals surface area contributed by atoms with E-state index in [2.05, 4.69) is 22.2 Å². The molecule has 3 N–H and O–H groups in total. The topological polar surface area (TPSA) is 63.8 Å². The van der Waals surface area contributed by atoms with Crippen LogP contribution in [0.4, 0.5) is 17.3 Å². The number of aromatic nitrogens is 2. The quantitative estimate of drug-likeness (QED) is 0.641. The SMILES string of the molecule is CCSc1nc(N)cc(Nc2ccccc2)n1. The third-order valence-electron chi connectivity index (χ3n) is 2.05. The molecule has 0 atom stereocenters. The van der Waals surface area contributed by atoms with E-state index in [9.17, 15) is 0 Å². The number of nitrogen functional groups attached to an aromatic ring is 1. The molecule has 0 radical (unpaired) electrons. The molecule has 0 spiro atoms. The summed E-state index contributed by atoms with van der Waals surface area (Å²) >= 11 is 1.57. The number of nitrogens with two attached hydrogens (primary N) is 1. The Hall–Kier alpha value is -1.75. The van der Waals surface area contributed by atoms with Crippen LogP contribution < -0.4 is 11.1 Å². The molecule has 0 unspecified atom stereocenters. The van der Waals surface area contributed by atoms with Gasteiger partial charge in [-0.05, 0) is 17.9 Å². The highest BCUT2D eigenvalue weighted by Gasteiger charge is 2.02. The molecule has 0 bridgehead atoms. The minimum atomic E-state index is 0.481. The number of anilines is 3. The van der Waals surface area contributed by atoms with Crippen molar-refractivity contribution in [3.05, 3.63) is 36.4 Å². The lowest BCUT2D eigenvalue weighted by atomic mass is 10.3. The van der Waals surface area contributed by atoms with Gasteiger partial charge in [-0.2, -0.15) is 0 Å². The van der Waals surface area contributed by atoms with Gasteiger partial charge < -0.3 is 11.1 Å². The van der Waals surface area contributed by atoms with Gasteiger partial charge in [-0.25, -0.2) is 9.97 Å². The van der Waals surface area contributed by atoms with Crippen LogP contribution in [0, 0.1) is 0 Å². The zero-order valence-corrected chi connectivity index (χ0v) is 10.4. The van der Waals surface area contributed by atoms with Crippen LogP contribution in [0.2, 0.25) is 0 Å². The molecule has 0 saturated heterocycles. The predicted octanol–water partition coefficient (Wildman–Crippen LogP) is 2.91. The van der Waals surface area contributed by atoms with Crippen molar-refractivity contribution < 1.29 is 0 Å². The van der Waals surface area contributed by atoms with Gasteiger partial charge in [-0.15, -0.1) is 0 Å². The number of nitrogens with one attached hydrogen (secondary N) is 1. The summed E-state index contributed by atoms with van der Waals surface area (Å²) in [5.74, 6) is 2.13. The number of thioether (sulfide) groups is 1. The highest BCUT2D eigenvalue weighted by molar-refractivity contribution is 7.99. The second kappa shape index (κ2) is 5.54. The van der Waals surface area contributed by atoms with Gasteiger partial charge in [0.15, 0.2) is 5.16 Å². The third kappa shape index (κ3) is 3.35. The first-order valence-electron chi connectivity index (χ1n) is 5.37. The Kier molecular flexibility index (Phi) is 3.82. The summed E-state index contributed by atoms with van der Waals surface area (Å²) in [6.45, 7) is 2.06. The summed E-state index contributed by atoms with van der Waals surface area (Å²) in [4.78, 5) is 8.53. The van der Waals surface area contributed by atoms with E-state index in [4.69, 9.17) is 5.73 Å². The second-order valence-corrected chi connectivity index (χ2v) is 4.62. The minimum absolute atomic E-state index is 0.481. The second-order valence-electron chi connectivity index (χ2n) is 3.38. The van der Waals surface area contributed by atoms with Crippen LogP contribution in [0.25, 0.3) is 0 Å². The molecule has 2 aromatic rings. The molecule has 0 amide bonds. The monoisotopic (exact) mass is 246 g/mol. The lowest BCUT2D eigenvalue weighted by Crippen LogP contribution is -2.00. The van der Waals surface area contributed by atoms with Crippen LogP contribution in [0.5, 0.6) is 0 Å². The summed E-state index contributed by atoms with van der Waals surface area (Å²) in [6.07, 6.45) is 0. The molecule has 4 nitrogen and oxygen atoms in total. The average molecular weight is 246 g/mol. The fourth-order valence-electron chi connectivity index (χ4n) is 1.37. The van der Waals surface area contributed by atoms with E-state index in [1.54, 1.807) is 17.8 Å². The van der Waals surface area contributed by atoms with E-state index >= 15 is 0 Å². The molecular formula is C12H14N4S.